The van der Waals surface area contributed by atoms with Gasteiger partial charge in [0.05, 0.1) is 25.9 Å². The summed E-state index contributed by atoms with van der Waals surface area (Å²) in [6.07, 6.45) is -2.92. The van der Waals surface area contributed by atoms with Gasteiger partial charge in [-0.3, -0.25) is 4.90 Å². The first kappa shape index (κ1) is 24.6. The molecule has 1 amide bonds. The number of piperidine rings is 1. The van der Waals surface area contributed by atoms with Crippen LogP contribution in [0.1, 0.15) is 40.0 Å². The maximum Gasteiger partial charge on any atom is 0.408 e. The fraction of sp³-hybridized carbons (Fsp3) is 0.889. The third-order valence-corrected chi connectivity index (χ3v) is 4.58. The molecular formula is C18H34N2O8. The molecule has 28 heavy (non-hydrogen) atoms. The monoisotopic (exact) mass is 406 g/mol. The molecule has 0 aromatic carbocycles. The largest absolute Gasteiger partial charge is 0.467 e. The Bertz CT molecular complexity index is 510. The van der Waals surface area contributed by atoms with Crippen molar-refractivity contribution < 1.29 is 39.5 Å². The third-order valence-electron chi connectivity index (χ3n) is 4.58. The quantitative estimate of drug-likeness (QED) is 0.252. The highest BCUT2D eigenvalue weighted by molar-refractivity contribution is 5.81. The van der Waals surface area contributed by atoms with Crippen LogP contribution in [-0.4, -0.2) is 100 Å². The number of amides is 1. The average Bonchev–Trinajstić information content (AvgIpc) is 2.60. The molecule has 0 saturated carbocycles. The average molecular weight is 406 g/mol. The summed E-state index contributed by atoms with van der Waals surface area (Å²) in [5, 5.41) is 41.5. The Morgan fingerprint density at radius 1 is 1.18 bits per heavy atom. The number of hydrogen-bond donors (Lipinski definition) is 5. The van der Waals surface area contributed by atoms with Crippen molar-refractivity contribution in [3.8, 4) is 0 Å². The van der Waals surface area contributed by atoms with E-state index in [2.05, 4.69) is 5.32 Å². The fourth-order valence-electron chi connectivity index (χ4n) is 3.14. The van der Waals surface area contributed by atoms with E-state index in [0.29, 0.717) is 25.8 Å². The number of esters is 1. The standard InChI is InChI=1S/C18H34N2O8/c1-18(2,3)28-17(26)19-11(16(25)27-4)7-5-6-8-20-9-13(22)15(24)14(23)12(20)10-21/h11-15,21-24H,5-10H2,1-4H3,(H,19,26)/t11-,12+,13-,14+,15+/m0/s1. The first-order valence-corrected chi connectivity index (χ1v) is 9.46. The number of nitrogens with zero attached hydrogens (tertiary/aromatic N) is 1. The van der Waals surface area contributed by atoms with Crippen LogP contribution in [0.5, 0.6) is 0 Å². The van der Waals surface area contributed by atoms with Gasteiger partial charge in [0.25, 0.3) is 0 Å². The molecule has 5 N–H and O–H groups in total. The van der Waals surface area contributed by atoms with Crippen LogP contribution in [0, 0.1) is 0 Å². The summed E-state index contributed by atoms with van der Waals surface area (Å²) in [6.45, 7) is 5.36. The summed E-state index contributed by atoms with van der Waals surface area (Å²) < 4.78 is 9.87. The zero-order valence-corrected chi connectivity index (χ0v) is 17.0. The van der Waals surface area contributed by atoms with E-state index < -0.39 is 48.1 Å². The van der Waals surface area contributed by atoms with Crippen LogP contribution in [0.3, 0.4) is 0 Å². The summed E-state index contributed by atoms with van der Waals surface area (Å²) in [6, 6.07) is -1.53. The van der Waals surface area contributed by atoms with E-state index in [1.54, 1.807) is 25.7 Å². The Morgan fingerprint density at radius 2 is 1.82 bits per heavy atom. The Balaban J connectivity index is 2.53. The van der Waals surface area contributed by atoms with Gasteiger partial charge in [0.2, 0.25) is 0 Å². The van der Waals surface area contributed by atoms with Gasteiger partial charge in [-0.1, -0.05) is 0 Å². The Morgan fingerprint density at radius 3 is 2.36 bits per heavy atom. The zero-order chi connectivity index (χ0) is 21.5. The van der Waals surface area contributed by atoms with Crippen LogP contribution >= 0.6 is 0 Å². The number of aliphatic hydroxyl groups is 4. The van der Waals surface area contributed by atoms with Gasteiger partial charge < -0.3 is 35.2 Å². The van der Waals surface area contributed by atoms with Crippen LogP contribution in [-0.2, 0) is 14.3 Å². The molecule has 1 fully saturated rings. The number of nitrogens with one attached hydrogen (secondary N) is 1. The first-order valence-electron chi connectivity index (χ1n) is 9.46. The molecule has 0 aliphatic carbocycles. The molecule has 0 aromatic heterocycles. The van der Waals surface area contributed by atoms with Gasteiger partial charge in [-0.25, -0.2) is 9.59 Å². The van der Waals surface area contributed by atoms with Crippen LogP contribution in [0.25, 0.3) is 0 Å². The molecule has 0 aromatic rings. The lowest BCUT2D eigenvalue weighted by Gasteiger charge is -2.43. The molecule has 10 heteroatoms. The minimum Gasteiger partial charge on any atom is -0.467 e. The van der Waals surface area contributed by atoms with Gasteiger partial charge in [0, 0.05) is 6.54 Å². The van der Waals surface area contributed by atoms with E-state index >= 15 is 0 Å². The fourth-order valence-corrected chi connectivity index (χ4v) is 3.14. The van der Waals surface area contributed by atoms with Crippen LogP contribution in [0.2, 0.25) is 0 Å². The lowest BCUT2D eigenvalue weighted by atomic mass is 9.94. The maximum absolute atomic E-state index is 11.9. The van der Waals surface area contributed by atoms with Crippen molar-refractivity contribution in [3.63, 3.8) is 0 Å². The van der Waals surface area contributed by atoms with Gasteiger partial charge >= 0.3 is 12.1 Å². The summed E-state index contributed by atoms with van der Waals surface area (Å²) in [5.41, 5.74) is -0.690. The highest BCUT2D eigenvalue weighted by Crippen LogP contribution is 2.20. The number of unbranched alkanes of at least 4 members (excludes halogenated alkanes) is 1. The number of aliphatic hydroxyl groups excluding tert-OH is 4. The lowest BCUT2D eigenvalue weighted by Crippen LogP contribution is -2.62. The molecule has 0 unspecified atom stereocenters. The van der Waals surface area contributed by atoms with Crippen molar-refractivity contribution in [2.24, 2.45) is 0 Å². The minimum atomic E-state index is -1.30. The second-order valence-electron chi connectivity index (χ2n) is 8.01. The molecule has 1 rings (SSSR count). The molecule has 1 aliphatic heterocycles. The number of β-amino-alcohol motifs (C(OH)–C–C–N with tert-alkyl or cyclic N) is 1. The van der Waals surface area contributed by atoms with E-state index in [9.17, 15) is 30.0 Å². The second-order valence-corrected chi connectivity index (χ2v) is 8.01. The number of hydrogen-bond acceptors (Lipinski definition) is 9. The maximum atomic E-state index is 11.9. The van der Waals surface area contributed by atoms with Gasteiger partial charge in [-0.05, 0) is 46.6 Å². The topological polar surface area (TPSA) is 149 Å². The van der Waals surface area contributed by atoms with Crippen molar-refractivity contribution in [3.05, 3.63) is 0 Å². The summed E-state index contributed by atoms with van der Waals surface area (Å²) in [4.78, 5) is 25.5. The van der Waals surface area contributed by atoms with Crippen molar-refractivity contribution >= 4 is 12.1 Å². The summed E-state index contributed by atoms with van der Waals surface area (Å²) in [7, 11) is 1.24. The zero-order valence-electron chi connectivity index (χ0n) is 17.0. The minimum absolute atomic E-state index is 0.125. The van der Waals surface area contributed by atoms with Crippen molar-refractivity contribution in [2.45, 2.75) is 76.0 Å². The predicted molar refractivity (Wildman–Crippen MR) is 99.5 cm³/mol. The molecule has 0 spiro atoms. The molecule has 5 atom stereocenters. The summed E-state index contributed by atoms with van der Waals surface area (Å²) in [5.74, 6) is -0.578. The van der Waals surface area contributed by atoms with Crippen LogP contribution < -0.4 is 5.32 Å². The van der Waals surface area contributed by atoms with Gasteiger partial charge in [-0.2, -0.15) is 0 Å². The van der Waals surface area contributed by atoms with Crippen molar-refractivity contribution in [1.82, 2.24) is 10.2 Å². The van der Waals surface area contributed by atoms with Gasteiger partial charge in [0.15, 0.2) is 0 Å². The van der Waals surface area contributed by atoms with E-state index in [1.807, 2.05) is 0 Å². The third kappa shape index (κ3) is 7.51. The van der Waals surface area contributed by atoms with E-state index in [0.717, 1.165) is 0 Å². The molecule has 0 bridgehead atoms. The normalized spacial score (nSPS) is 27.1. The van der Waals surface area contributed by atoms with Gasteiger partial charge in [-0.15, -0.1) is 0 Å². The number of carbonyl (C=O) groups is 2. The molecule has 0 radical (unpaired) electrons. The molecule has 1 saturated heterocycles. The van der Waals surface area contributed by atoms with E-state index in [1.165, 1.54) is 7.11 Å². The number of ether oxygens (including phenoxy) is 2. The van der Waals surface area contributed by atoms with Crippen LogP contribution in [0.4, 0.5) is 4.79 Å². The van der Waals surface area contributed by atoms with Crippen molar-refractivity contribution in [1.29, 1.82) is 0 Å². The van der Waals surface area contributed by atoms with E-state index in [-0.39, 0.29) is 13.2 Å². The summed E-state index contributed by atoms with van der Waals surface area (Å²) >= 11 is 0. The Hall–Kier alpha value is -1.46. The van der Waals surface area contributed by atoms with Crippen molar-refractivity contribution in [2.75, 3.05) is 26.8 Å². The number of methoxy groups -OCH3 is 1. The number of carbonyl (C=O) groups excluding carboxylic acids is 2. The highest BCUT2D eigenvalue weighted by Gasteiger charge is 2.40. The Labute approximate surface area is 165 Å². The number of likely N-dealkylation sites (tertiary alicyclic amines) is 1. The SMILES string of the molecule is COC(=O)[C@H](CCCCN1C[C@H](O)[C@@H](O)[C@H](O)[C@H]1CO)NC(=O)OC(C)(C)C. The molecule has 10 nitrogen and oxygen atoms in total. The van der Waals surface area contributed by atoms with Crippen LogP contribution in [0.15, 0.2) is 0 Å². The van der Waals surface area contributed by atoms with Gasteiger partial charge in [0.1, 0.15) is 23.9 Å². The number of rotatable bonds is 8. The predicted octanol–water partition coefficient (Wildman–Crippen LogP) is -1.02. The molecule has 164 valence electrons. The molecular weight excluding hydrogens is 372 g/mol. The first-order chi connectivity index (χ1) is 13.0. The van der Waals surface area contributed by atoms with E-state index in [4.69, 9.17) is 9.47 Å². The smallest absolute Gasteiger partial charge is 0.408 e. The molecule has 1 heterocycles. The second kappa shape index (κ2) is 10.9. The highest BCUT2D eigenvalue weighted by atomic mass is 16.6. The number of alkyl carbamates (subject to hydrolysis) is 1. The Kier molecular flexibility index (Phi) is 9.58. The molecule has 1 aliphatic rings. The lowest BCUT2D eigenvalue weighted by molar-refractivity contribution is -0.145.